The van der Waals surface area contributed by atoms with Gasteiger partial charge in [0.2, 0.25) is 0 Å². The number of rotatable bonds is 3. The fourth-order valence-corrected chi connectivity index (χ4v) is 4.83. The number of amides is 1. The van der Waals surface area contributed by atoms with E-state index in [4.69, 9.17) is 24.7 Å². The Hall–Kier alpha value is -3.23. The van der Waals surface area contributed by atoms with Gasteiger partial charge < -0.3 is 24.7 Å². The molecule has 0 aromatic heterocycles. The summed E-state index contributed by atoms with van der Waals surface area (Å²) in [6.45, 7) is 3.51. The molecule has 1 fully saturated rings. The molecule has 3 aliphatic rings. The van der Waals surface area contributed by atoms with Crippen molar-refractivity contribution >= 4 is 17.7 Å². The summed E-state index contributed by atoms with van der Waals surface area (Å²) in [5.41, 5.74) is 8.41. The Morgan fingerprint density at radius 1 is 1.13 bits per heavy atom. The van der Waals surface area contributed by atoms with E-state index < -0.39 is 18.0 Å². The van der Waals surface area contributed by atoms with Gasteiger partial charge in [-0.1, -0.05) is 0 Å². The average molecular weight is 423 g/mol. The second-order valence-electron chi connectivity index (χ2n) is 8.33. The van der Waals surface area contributed by atoms with E-state index >= 15 is 0 Å². The van der Waals surface area contributed by atoms with Gasteiger partial charge in [0.15, 0.2) is 17.4 Å². The highest BCUT2D eigenvalue weighted by Gasteiger charge is 2.50. The molecular weight excluding hydrogens is 402 g/mol. The Balaban J connectivity index is 1.70. The highest BCUT2D eigenvalue weighted by molar-refractivity contribution is 6.29. The lowest BCUT2D eigenvalue weighted by molar-refractivity contribution is -0.148. The molecule has 0 radical (unpaired) electrons. The number of methoxy groups -OCH3 is 1. The summed E-state index contributed by atoms with van der Waals surface area (Å²) >= 11 is 0. The highest BCUT2D eigenvalue weighted by Crippen LogP contribution is 2.50. The van der Waals surface area contributed by atoms with Gasteiger partial charge in [-0.3, -0.25) is 9.59 Å². The van der Waals surface area contributed by atoms with Crippen molar-refractivity contribution in [3.63, 3.8) is 0 Å². The van der Waals surface area contributed by atoms with Gasteiger partial charge >= 0.3 is 6.09 Å². The van der Waals surface area contributed by atoms with E-state index in [9.17, 15) is 14.4 Å². The molecule has 2 unspecified atom stereocenters. The number of carbonyl (C=O) groups excluding carboxylic acids is 3. The van der Waals surface area contributed by atoms with Crippen molar-refractivity contribution in [1.82, 2.24) is 0 Å². The number of carbonyl (C=O) groups is 3. The molecule has 8 nitrogen and oxygen atoms in total. The predicted octanol–water partition coefficient (Wildman–Crippen LogP) is 2.81. The van der Waals surface area contributed by atoms with Crippen LogP contribution in [0.15, 0.2) is 24.3 Å². The average Bonchev–Trinajstić information content (AvgIpc) is 3.21. The lowest BCUT2D eigenvalue weighted by Gasteiger charge is -2.25. The Morgan fingerprint density at radius 3 is 2.61 bits per heavy atom. The van der Waals surface area contributed by atoms with E-state index in [0.717, 1.165) is 5.56 Å². The van der Waals surface area contributed by atoms with Gasteiger partial charge in [0.1, 0.15) is 18.5 Å². The molecule has 160 valence electrons. The van der Waals surface area contributed by atoms with Crippen molar-refractivity contribution in [3.8, 4) is 5.75 Å². The molecule has 2 atom stereocenters. The molecule has 5 rings (SSSR count). The van der Waals surface area contributed by atoms with Gasteiger partial charge in [0, 0.05) is 28.7 Å². The summed E-state index contributed by atoms with van der Waals surface area (Å²) in [6.07, 6.45) is -1.26. The minimum absolute atomic E-state index is 0.130. The zero-order valence-corrected chi connectivity index (χ0v) is 17.3. The monoisotopic (exact) mass is 423 g/mol. The second-order valence-corrected chi connectivity index (χ2v) is 8.33. The maximum Gasteiger partial charge on any atom is 0.404 e. The molecule has 0 saturated carbocycles. The fourth-order valence-electron chi connectivity index (χ4n) is 4.83. The van der Waals surface area contributed by atoms with Crippen LogP contribution in [0.1, 0.15) is 68.5 Å². The van der Waals surface area contributed by atoms with E-state index in [1.807, 2.05) is 13.8 Å². The molecule has 2 aliphatic carbocycles. The maximum atomic E-state index is 13.5. The summed E-state index contributed by atoms with van der Waals surface area (Å²) in [6, 6.07) is 6.43. The molecule has 1 saturated heterocycles. The number of ether oxygens (including phenoxy) is 4. The zero-order valence-electron chi connectivity index (χ0n) is 17.3. The Kier molecular flexibility index (Phi) is 4.22. The van der Waals surface area contributed by atoms with Crippen LogP contribution in [-0.4, -0.2) is 36.7 Å². The van der Waals surface area contributed by atoms with Crippen molar-refractivity contribution in [2.24, 2.45) is 5.73 Å². The molecule has 0 bridgehead atoms. The third-order valence-corrected chi connectivity index (χ3v) is 5.99. The van der Waals surface area contributed by atoms with Gasteiger partial charge in [-0.15, -0.1) is 0 Å². The molecule has 2 aromatic carbocycles. The highest BCUT2D eigenvalue weighted by atomic mass is 16.8. The van der Waals surface area contributed by atoms with Crippen LogP contribution in [0.2, 0.25) is 0 Å². The molecule has 2 N–H and O–H groups in total. The standard InChI is InChI=1S/C23H21NO7/c1-23(2)30-16-8-14-17(21(16)31-23)10(9-29-22(24)27)6-15-18(14)20(26)13-7-11(28-3)4-5-12(13)19(15)25/h4-7,16,21H,8-9H2,1-3H3,(H2,24,27). The minimum Gasteiger partial charge on any atom is -0.497 e. The molecule has 8 heteroatoms. The van der Waals surface area contributed by atoms with E-state index in [1.165, 1.54) is 7.11 Å². The molecule has 1 amide bonds. The van der Waals surface area contributed by atoms with Crippen LogP contribution < -0.4 is 10.5 Å². The first-order chi connectivity index (χ1) is 14.7. The zero-order chi connectivity index (χ0) is 22.1. The molecule has 1 aliphatic heterocycles. The number of benzene rings is 2. The van der Waals surface area contributed by atoms with Gasteiger partial charge in [-0.05, 0) is 54.8 Å². The largest absolute Gasteiger partial charge is 0.497 e. The number of nitrogens with two attached hydrogens (primary N) is 1. The first-order valence-corrected chi connectivity index (χ1v) is 9.94. The van der Waals surface area contributed by atoms with Crippen LogP contribution in [0.5, 0.6) is 5.75 Å². The topological polar surface area (TPSA) is 114 Å². The first kappa shape index (κ1) is 19.7. The van der Waals surface area contributed by atoms with Crippen molar-refractivity contribution in [2.45, 2.75) is 44.9 Å². The second kappa shape index (κ2) is 6.63. The van der Waals surface area contributed by atoms with Crippen LogP contribution in [0.3, 0.4) is 0 Å². The summed E-state index contributed by atoms with van der Waals surface area (Å²) in [5.74, 6) is -0.808. The van der Waals surface area contributed by atoms with Crippen LogP contribution >= 0.6 is 0 Å². The SMILES string of the molecule is COc1ccc2c(c1)C(=O)c1c(cc(COC(N)=O)c3c1CC1OC(C)(C)OC31)C2=O. The molecule has 1 heterocycles. The summed E-state index contributed by atoms with van der Waals surface area (Å²) in [7, 11) is 1.51. The van der Waals surface area contributed by atoms with Crippen molar-refractivity contribution in [1.29, 1.82) is 0 Å². The number of hydrogen-bond acceptors (Lipinski definition) is 7. The van der Waals surface area contributed by atoms with Crippen LogP contribution in [0.25, 0.3) is 0 Å². The fraction of sp³-hybridized carbons (Fsp3) is 0.348. The summed E-state index contributed by atoms with van der Waals surface area (Å²) in [4.78, 5) is 38.1. The predicted molar refractivity (Wildman–Crippen MR) is 107 cm³/mol. The molecule has 31 heavy (non-hydrogen) atoms. The van der Waals surface area contributed by atoms with Crippen molar-refractivity contribution in [3.05, 3.63) is 63.2 Å². The van der Waals surface area contributed by atoms with E-state index in [-0.39, 0.29) is 29.8 Å². The van der Waals surface area contributed by atoms with Crippen LogP contribution in [0, 0.1) is 0 Å². The van der Waals surface area contributed by atoms with E-state index in [2.05, 4.69) is 0 Å². The van der Waals surface area contributed by atoms with Crippen molar-refractivity contribution < 1.29 is 33.3 Å². The third-order valence-electron chi connectivity index (χ3n) is 5.99. The normalized spacial score (nSPS) is 22.4. The number of ketones is 2. The molecular formula is C23H21NO7. The molecule has 2 aromatic rings. The smallest absolute Gasteiger partial charge is 0.404 e. The quantitative estimate of drug-likeness (QED) is 0.689. The summed E-state index contributed by atoms with van der Waals surface area (Å²) < 4.78 is 22.4. The van der Waals surface area contributed by atoms with Gasteiger partial charge in [0.25, 0.3) is 0 Å². The van der Waals surface area contributed by atoms with Crippen LogP contribution in [-0.2, 0) is 27.2 Å². The van der Waals surface area contributed by atoms with E-state index in [0.29, 0.717) is 40.0 Å². The molecule has 0 spiro atoms. The number of primary amides is 1. The number of fused-ring (bicyclic) bond motifs is 6. The van der Waals surface area contributed by atoms with Crippen LogP contribution in [0.4, 0.5) is 4.79 Å². The maximum absolute atomic E-state index is 13.5. The lowest BCUT2D eigenvalue weighted by atomic mass is 9.79. The summed E-state index contributed by atoms with van der Waals surface area (Å²) in [5, 5.41) is 0. The van der Waals surface area contributed by atoms with Gasteiger partial charge in [-0.2, -0.15) is 0 Å². The third kappa shape index (κ3) is 2.94. The number of hydrogen-bond donors (Lipinski definition) is 1. The first-order valence-electron chi connectivity index (χ1n) is 9.94. The Bertz CT molecular complexity index is 1170. The Morgan fingerprint density at radius 2 is 1.90 bits per heavy atom. The van der Waals surface area contributed by atoms with Gasteiger partial charge in [0.05, 0.1) is 13.2 Å². The van der Waals surface area contributed by atoms with Gasteiger partial charge in [-0.25, -0.2) is 4.79 Å². The minimum atomic E-state index is -0.926. The Labute approximate surface area is 178 Å². The lowest BCUT2D eigenvalue weighted by Crippen LogP contribution is -2.26. The van der Waals surface area contributed by atoms with E-state index in [1.54, 1.807) is 24.3 Å². The van der Waals surface area contributed by atoms with Crippen molar-refractivity contribution in [2.75, 3.05) is 7.11 Å².